The van der Waals surface area contributed by atoms with Crippen molar-refractivity contribution < 1.29 is 13.6 Å². The molecule has 3 rings (SSSR count). The molecule has 0 bridgehead atoms. The summed E-state index contributed by atoms with van der Waals surface area (Å²) < 4.78 is 28.0. The first-order valence-electron chi connectivity index (χ1n) is 6.62. The van der Waals surface area contributed by atoms with Crippen LogP contribution in [-0.4, -0.2) is 20.7 Å². The molecule has 0 unspecified atom stereocenters. The molecule has 8 heteroatoms. The first-order chi connectivity index (χ1) is 10.9. The Bertz CT molecular complexity index is 939. The third kappa shape index (κ3) is 2.75. The van der Waals surface area contributed by atoms with Crippen molar-refractivity contribution in [2.75, 3.05) is 5.32 Å². The molecule has 2 heterocycles. The number of fused-ring (bicyclic) bond motifs is 1. The van der Waals surface area contributed by atoms with Gasteiger partial charge in [-0.1, -0.05) is 11.6 Å². The molecule has 2 aromatic heterocycles. The average Bonchev–Trinajstić information content (AvgIpc) is 2.77. The summed E-state index contributed by atoms with van der Waals surface area (Å²) in [7, 11) is 1.77. The van der Waals surface area contributed by atoms with Crippen LogP contribution in [0.25, 0.3) is 11.0 Å². The number of aryl methyl sites for hydroxylation is 2. The highest BCUT2D eigenvalue weighted by Crippen LogP contribution is 2.23. The molecule has 118 valence electrons. The summed E-state index contributed by atoms with van der Waals surface area (Å²) in [5, 5.41) is 7.40. The fraction of sp³-hybridized carbons (Fsp3) is 0.133. The van der Waals surface area contributed by atoms with Gasteiger partial charge < -0.3 is 5.32 Å². The number of halogens is 3. The van der Waals surface area contributed by atoms with Crippen LogP contribution in [0.3, 0.4) is 0 Å². The summed E-state index contributed by atoms with van der Waals surface area (Å²) in [6.45, 7) is 1.82. The third-order valence-corrected chi connectivity index (χ3v) is 3.69. The molecule has 0 fully saturated rings. The second-order valence-electron chi connectivity index (χ2n) is 5.00. The number of carbonyl (C=O) groups is 1. The lowest BCUT2D eigenvalue weighted by Gasteiger charge is -2.07. The number of hydrogen-bond donors (Lipinski definition) is 1. The van der Waals surface area contributed by atoms with Crippen LogP contribution in [-0.2, 0) is 7.05 Å². The van der Waals surface area contributed by atoms with Gasteiger partial charge in [-0.2, -0.15) is 5.10 Å². The molecule has 23 heavy (non-hydrogen) atoms. The smallest absolute Gasteiger partial charge is 0.257 e. The molecule has 0 radical (unpaired) electrons. The van der Waals surface area contributed by atoms with Crippen LogP contribution in [0.4, 0.5) is 14.5 Å². The molecule has 0 saturated carbocycles. The number of anilines is 1. The van der Waals surface area contributed by atoms with E-state index in [2.05, 4.69) is 15.4 Å². The van der Waals surface area contributed by atoms with Crippen LogP contribution >= 0.6 is 11.6 Å². The maximum atomic E-state index is 13.3. The largest absolute Gasteiger partial charge is 0.321 e. The van der Waals surface area contributed by atoms with Crippen molar-refractivity contribution in [3.05, 3.63) is 52.3 Å². The van der Waals surface area contributed by atoms with E-state index in [9.17, 15) is 13.6 Å². The maximum absolute atomic E-state index is 13.3. The van der Waals surface area contributed by atoms with Crippen molar-refractivity contribution in [3.8, 4) is 0 Å². The van der Waals surface area contributed by atoms with Gasteiger partial charge in [0, 0.05) is 12.4 Å². The Morgan fingerprint density at radius 3 is 2.70 bits per heavy atom. The second-order valence-corrected chi connectivity index (χ2v) is 5.41. The van der Waals surface area contributed by atoms with Gasteiger partial charge in [0.25, 0.3) is 5.91 Å². The normalized spacial score (nSPS) is 11.0. The quantitative estimate of drug-likeness (QED) is 0.729. The zero-order valence-corrected chi connectivity index (χ0v) is 12.9. The van der Waals surface area contributed by atoms with Gasteiger partial charge in [0.1, 0.15) is 0 Å². The van der Waals surface area contributed by atoms with Crippen LogP contribution in [0.2, 0.25) is 5.02 Å². The van der Waals surface area contributed by atoms with Gasteiger partial charge in [0.15, 0.2) is 17.3 Å². The molecule has 0 atom stereocenters. The van der Waals surface area contributed by atoms with Gasteiger partial charge in [0.2, 0.25) is 0 Å². The zero-order valence-electron chi connectivity index (χ0n) is 12.2. The van der Waals surface area contributed by atoms with Crippen molar-refractivity contribution in [2.24, 2.45) is 7.05 Å². The molecule has 0 aliphatic rings. The van der Waals surface area contributed by atoms with E-state index in [1.54, 1.807) is 17.8 Å². The van der Waals surface area contributed by atoms with Crippen molar-refractivity contribution in [2.45, 2.75) is 6.92 Å². The molecule has 5 nitrogen and oxygen atoms in total. The Balaban J connectivity index is 1.94. The minimum absolute atomic E-state index is 0.159. The van der Waals surface area contributed by atoms with E-state index < -0.39 is 17.5 Å². The molecule has 1 amide bonds. The molecule has 0 saturated heterocycles. The molecular weight excluding hydrogens is 326 g/mol. The summed E-state index contributed by atoms with van der Waals surface area (Å²) in [5.41, 5.74) is 1.68. The average molecular weight is 337 g/mol. The maximum Gasteiger partial charge on any atom is 0.257 e. The third-order valence-electron chi connectivity index (χ3n) is 3.38. The Hall–Kier alpha value is -2.54. The van der Waals surface area contributed by atoms with E-state index in [-0.39, 0.29) is 10.6 Å². The van der Waals surface area contributed by atoms with Gasteiger partial charge in [-0.15, -0.1) is 0 Å². The van der Waals surface area contributed by atoms with E-state index in [0.717, 1.165) is 23.2 Å². The van der Waals surface area contributed by atoms with Crippen LogP contribution in [0.15, 0.2) is 24.4 Å². The SMILES string of the molecule is Cc1nn(C)c2ncc(NC(=O)c3cc(F)c(F)cc3Cl)cc12. The topological polar surface area (TPSA) is 59.8 Å². The summed E-state index contributed by atoms with van der Waals surface area (Å²) in [4.78, 5) is 16.4. The molecule has 1 N–H and O–H groups in total. The molecule has 0 aliphatic carbocycles. The lowest BCUT2D eigenvalue weighted by molar-refractivity contribution is 0.102. The molecular formula is C15H11ClF2N4O. The highest BCUT2D eigenvalue weighted by atomic mass is 35.5. The lowest BCUT2D eigenvalue weighted by atomic mass is 10.2. The monoisotopic (exact) mass is 336 g/mol. The van der Waals surface area contributed by atoms with Crippen LogP contribution in [0.1, 0.15) is 16.1 Å². The number of aromatic nitrogens is 3. The Labute approximate surface area is 134 Å². The van der Waals surface area contributed by atoms with Crippen molar-refractivity contribution in [1.82, 2.24) is 14.8 Å². The van der Waals surface area contributed by atoms with Crippen molar-refractivity contribution in [3.63, 3.8) is 0 Å². The highest BCUT2D eigenvalue weighted by Gasteiger charge is 2.16. The van der Waals surface area contributed by atoms with Gasteiger partial charge in [-0.05, 0) is 25.1 Å². The fourth-order valence-electron chi connectivity index (χ4n) is 2.27. The van der Waals surface area contributed by atoms with Crippen LogP contribution in [0, 0.1) is 18.6 Å². The van der Waals surface area contributed by atoms with Crippen LogP contribution < -0.4 is 5.32 Å². The number of amides is 1. The number of rotatable bonds is 2. The predicted molar refractivity (Wildman–Crippen MR) is 82.6 cm³/mol. The van der Waals surface area contributed by atoms with Crippen LogP contribution in [0.5, 0.6) is 0 Å². The fourth-order valence-corrected chi connectivity index (χ4v) is 2.51. The predicted octanol–water partition coefficient (Wildman–Crippen LogP) is 3.46. The number of nitrogens with one attached hydrogen (secondary N) is 1. The van der Waals surface area contributed by atoms with Crippen molar-refractivity contribution in [1.29, 1.82) is 0 Å². The number of hydrogen-bond acceptors (Lipinski definition) is 3. The van der Waals surface area contributed by atoms with E-state index in [1.165, 1.54) is 6.20 Å². The minimum Gasteiger partial charge on any atom is -0.321 e. The lowest BCUT2D eigenvalue weighted by Crippen LogP contribution is -2.13. The Morgan fingerprint density at radius 1 is 1.26 bits per heavy atom. The standard InChI is InChI=1S/C15H11ClF2N4O/c1-7-9-3-8(6-19-14(9)22(2)21-7)20-15(23)10-4-12(17)13(18)5-11(10)16/h3-6H,1-2H3,(H,20,23). The first-order valence-corrected chi connectivity index (χ1v) is 7.00. The summed E-state index contributed by atoms with van der Waals surface area (Å²) in [6, 6.07) is 3.23. The number of carbonyl (C=O) groups excluding carboxylic acids is 1. The highest BCUT2D eigenvalue weighted by molar-refractivity contribution is 6.34. The summed E-state index contributed by atoms with van der Waals surface area (Å²) >= 11 is 5.79. The molecule has 1 aromatic carbocycles. The number of benzene rings is 1. The van der Waals surface area contributed by atoms with E-state index in [0.29, 0.717) is 11.3 Å². The van der Waals surface area contributed by atoms with Gasteiger partial charge in [-0.25, -0.2) is 13.8 Å². The summed E-state index contributed by atoms with van der Waals surface area (Å²) in [6.07, 6.45) is 1.45. The summed E-state index contributed by atoms with van der Waals surface area (Å²) in [5.74, 6) is -2.91. The second kappa shape index (κ2) is 5.58. The van der Waals surface area contributed by atoms with Crippen molar-refractivity contribution >= 4 is 34.2 Å². The van der Waals surface area contributed by atoms with Gasteiger partial charge in [-0.3, -0.25) is 9.48 Å². The molecule has 3 aromatic rings. The number of pyridine rings is 1. The van der Waals surface area contributed by atoms with Gasteiger partial charge >= 0.3 is 0 Å². The Kier molecular flexibility index (Phi) is 3.73. The van der Waals surface area contributed by atoms with E-state index in [1.807, 2.05) is 6.92 Å². The number of nitrogens with zero attached hydrogens (tertiary/aromatic N) is 3. The van der Waals surface area contributed by atoms with E-state index >= 15 is 0 Å². The first kappa shape index (κ1) is 15.4. The van der Waals surface area contributed by atoms with E-state index in [4.69, 9.17) is 11.6 Å². The molecule has 0 aliphatic heterocycles. The zero-order chi connectivity index (χ0) is 16.7. The molecule has 0 spiro atoms. The Morgan fingerprint density at radius 2 is 1.96 bits per heavy atom. The van der Waals surface area contributed by atoms with Gasteiger partial charge in [0.05, 0.1) is 28.2 Å². The minimum atomic E-state index is -1.14.